The Morgan fingerprint density at radius 2 is 1.81 bits per heavy atom. The van der Waals surface area contributed by atoms with Gasteiger partial charge < -0.3 is 10.4 Å². The van der Waals surface area contributed by atoms with Crippen molar-refractivity contribution in [2.75, 3.05) is 6.54 Å². The number of phenols is 1. The lowest BCUT2D eigenvalue weighted by molar-refractivity contribution is 0.287. The molecule has 2 N–H and O–H groups in total. The van der Waals surface area contributed by atoms with E-state index >= 15 is 0 Å². The Bertz CT molecular complexity index is 383. The quantitative estimate of drug-likeness (QED) is 0.600. The molecule has 0 saturated heterocycles. The molecular formula is C19H33NO. The second-order valence-electron chi connectivity index (χ2n) is 7.11. The first kappa shape index (κ1) is 18.0. The van der Waals surface area contributed by atoms with Gasteiger partial charge in [0, 0.05) is 12.6 Å². The molecule has 21 heavy (non-hydrogen) atoms. The van der Waals surface area contributed by atoms with Crippen LogP contribution in [0.25, 0.3) is 0 Å². The van der Waals surface area contributed by atoms with E-state index in [2.05, 4.69) is 33.0 Å². The summed E-state index contributed by atoms with van der Waals surface area (Å²) in [5.41, 5.74) is 1.69. The Labute approximate surface area is 131 Å². The molecule has 0 bridgehead atoms. The van der Waals surface area contributed by atoms with Gasteiger partial charge in [0.15, 0.2) is 0 Å². The zero-order chi connectivity index (χ0) is 15.7. The molecule has 0 aromatic heterocycles. The second-order valence-corrected chi connectivity index (χ2v) is 7.11. The van der Waals surface area contributed by atoms with Crippen molar-refractivity contribution < 1.29 is 5.11 Å². The predicted molar refractivity (Wildman–Crippen MR) is 91.8 cm³/mol. The largest absolute Gasteiger partial charge is 0.508 e. The molecule has 1 aromatic carbocycles. The lowest BCUT2D eigenvalue weighted by atomic mass is 9.86. The smallest absolute Gasteiger partial charge is 0.115 e. The number of benzene rings is 1. The average Bonchev–Trinajstić information content (AvgIpc) is 2.45. The molecule has 0 saturated carbocycles. The number of hydrogen-bond acceptors (Lipinski definition) is 2. The minimum absolute atomic E-state index is 0.346. The number of rotatable bonds is 10. The molecular weight excluding hydrogens is 258 g/mol. The third-order valence-electron chi connectivity index (χ3n) is 4.19. The van der Waals surface area contributed by atoms with Crippen molar-refractivity contribution in [1.29, 1.82) is 0 Å². The second kappa shape index (κ2) is 9.09. The molecule has 0 fully saturated rings. The summed E-state index contributed by atoms with van der Waals surface area (Å²) in [6.45, 7) is 10.3. The molecule has 0 heterocycles. The number of aromatic hydroxyl groups is 1. The molecule has 1 unspecified atom stereocenters. The van der Waals surface area contributed by atoms with Gasteiger partial charge >= 0.3 is 0 Å². The zero-order valence-electron chi connectivity index (χ0n) is 14.3. The summed E-state index contributed by atoms with van der Waals surface area (Å²) in [7, 11) is 0. The van der Waals surface area contributed by atoms with E-state index in [4.69, 9.17) is 0 Å². The third-order valence-corrected chi connectivity index (χ3v) is 4.19. The van der Waals surface area contributed by atoms with Gasteiger partial charge in [-0.25, -0.2) is 0 Å². The molecule has 0 radical (unpaired) electrons. The Kier molecular flexibility index (Phi) is 7.81. The van der Waals surface area contributed by atoms with Crippen molar-refractivity contribution in [3.05, 3.63) is 29.8 Å². The molecule has 0 aliphatic rings. The highest BCUT2D eigenvalue weighted by molar-refractivity contribution is 5.25. The number of phenolic OH excluding ortho intramolecular Hbond substituents is 1. The molecule has 120 valence electrons. The maximum Gasteiger partial charge on any atom is 0.115 e. The van der Waals surface area contributed by atoms with E-state index in [0.717, 1.165) is 19.4 Å². The van der Waals surface area contributed by atoms with E-state index in [0.29, 0.717) is 17.2 Å². The van der Waals surface area contributed by atoms with Crippen LogP contribution in [0, 0.1) is 5.41 Å². The van der Waals surface area contributed by atoms with E-state index in [1.54, 1.807) is 12.1 Å². The fourth-order valence-corrected chi connectivity index (χ4v) is 2.54. The molecule has 0 amide bonds. The summed E-state index contributed by atoms with van der Waals surface area (Å²) in [5.74, 6) is 0.346. The third kappa shape index (κ3) is 8.11. The summed E-state index contributed by atoms with van der Waals surface area (Å²) in [5, 5.41) is 13.0. The van der Waals surface area contributed by atoms with E-state index < -0.39 is 0 Å². The van der Waals surface area contributed by atoms with Crippen LogP contribution < -0.4 is 5.32 Å². The highest BCUT2D eigenvalue weighted by Crippen LogP contribution is 2.23. The Morgan fingerprint density at radius 3 is 2.43 bits per heavy atom. The predicted octanol–water partition coefficient (Wildman–Crippen LogP) is 4.91. The Balaban J connectivity index is 2.23. The SMILES string of the molecule is CCCCCC(C)(C)CNC(C)CCc1ccc(O)cc1. The highest BCUT2D eigenvalue weighted by Gasteiger charge is 2.17. The number of nitrogens with one attached hydrogen (secondary N) is 1. The number of hydrogen-bond donors (Lipinski definition) is 2. The van der Waals surface area contributed by atoms with Gasteiger partial charge in [-0.3, -0.25) is 0 Å². The molecule has 1 rings (SSSR count). The van der Waals surface area contributed by atoms with Crippen LogP contribution in [0.15, 0.2) is 24.3 Å². The van der Waals surface area contributed by atoms with E-state index in [1.165, 1.54) is 31.2 Å². The van der Waals surface area contributed by atoms with Crippen molar-refractivity contribution in [3.63, 3.8) is 0 Å². The van der Waals surface area contributed by atoms with Crippen LogP contribution in [-0.2, 0) is 6.42 Å². The standard InChI is InChI=1S/C19H33NO/c1-5-6-7-14-19(3,4)15-20-16(2)8-9-17-10-12-18(21)13-11-17/h10-13,16,20-21H,5-9,14-15H2,1-4H3. The summed E-state index contributed by atoms with van der Waals surface area (Å²) < 4.78 is 0. The van der Waals surface area contributed by atoms with Gasteiger partial charge in [0.1, 0.15) is 5.75 Å². The first-order valence-electron chi connectivity index (χ1n) is 8.44. The van der Waals surface area contributed by atoms with E-state index in [-0.39, 0.29) is 0 Å². The first-order chi connectivity index (χ1) is 9.93. The maximum absolute atomic E-state index is 9.28. The normalized spacial score (nSPS) is 13.3. The zero-order valence-corrected chi connectivity index (χ0v) is 14.3. The summed E-state index contributed by atoms with van der Waals surface area (Å²) in [6, 6.07) is 8.09. The van der Waals surface area contributed by atoms with Crippen molar-refractivity contribution in [2.24, 2.45) is 5.41 Å². The van der Waals surface area contributed by atoms with Crippen LogP contribution in [0.1, 0.15) is 65.4 Å². The van der Waals surface area contributed by atoms with Crippen molar-refractivity contribution >= 4 is 0 Å². The lowest BCUT2D eigenvalue weighted by Gasteiger charge is -2.27. The van der Waals surface area contributed by atoms with Crippen LogP contribution >= 0.6 is 0 Å². The fraction of sp³-hybridized carbons (Fsp3) is 0.684. The topological polar surface area (TPSA) is 32.3 Å². The van der Waals surface area contributed by atoms with Gasteiger partial charge in [0.05, 0.1) is 0 Å². The number of aryl methyl sites for hydroxylation is 1. The summed E-state index contributed by atoms with van der Waals surface area (Å²) in [6.07, 6.45) is 7.48. The van der Waals surface area contributed by atoms with Crippen LogP contribution in [0.5, 0.6) is 5.75 Å². The van der Waals surface area contributed by atoms with Crippen molar-refractivity contribution in [1.82, 2.24) is 5.32 Å². The van der Waals surface area contributed by atoms with Gasteiger partial charge in [-0.1, -0.05) is 52.2 Å². The van der Waals surface area contributed by atoms with Gasteiger partial charge in [0.25, 0.3) is 0 Å². The van der Waals surface area contributed by atoms with Gasteiger partial charge in [-0.15, -0.1) is 0 Å². The summed E-state index contributed by atoms with van der Waals surface area (Å²) in [4.78, 5) is 0. The molecule has 0 aliphatic carbocycles. The van der Waals surface area contributed by atoms with E-state index in [9.17, 15) is 5.11 Å². The van der Waals surface area contributed by atoms with Crippen LogP contribution in [0.4, 0.5) is 0 Å². The Morgan fingerprint density at radius 1 is 1.14 bits per heavy atom. The lowest BCUT2D eigenvalue weighted by Crippen LogP contribution is -2.35. The van der Waals surface area contributed by atoms with E-state index in [1.807, 2.05) is 12.1 Å². The minimum Gasteiger partial charge on any atom is -0.508 e. The molecule has 1 aromatic rings. The minimum atomic E-state index is 0.346. The Hall–Kier alpha value is -1.02. The van der Waals surface area contributed by atoms with Gasteiger partial charge in [-0.2, -0.15) is 0 Å². The molecule has 2 nitrogen and oxygen atoms in total. The van der Waals surface area contributed by atoms with Crippen molar-refractivity contribution in [3.8, 4) is 5.75 Å². The van der Waals surface area contributed by atoms with Crippen LogP contribution in [0.3, 0.4) is 0 Å². The highest BCUT2D eigenvalue weighted by atomic mass is 16.3. The first-order valence-corrected chi connectivity index (χ1v) is 8.44. The monoisotopic (exact) mass is 291 g/mol. The van der Waals surface area contributed by atoms with Crippen LogP contribution in [0.2, 0.25) is 0 Å². The molecule has 1 atom stereocenters. The average molecular weight is 291 g/mol. The fourth-order valence-electron chi connectivity index (χ4n) is 2.54. The van der Waals surface area contributed by atoms with Crippen LogP contribution in [-0.4, -0.2) is 17.7 Å². The molecule has 0 spiro atoms. The number of unbranched alkanes of at least 4 members (excludes halogenated alkanes) is 2. The molecule has 0 aliphatic heterocycles. The summed E-state index contributed by atoms with van der Waals surface area (Å²) >= 11 is 0. The maximum atomic E-state index is 9.28. The van der Waals surface area contributed by atoms with Crippen molar-refractivity contribution in [2.45, 2.75) is 72.3 Å². The molecule has 2 heteroatoms. The van der Waals surface area contributed by atoms with Gasteiger partial charge in [0.2, 0.25) is 0 Å². The van der Waals surface area contributed by atoms with Gasteiger partial charge in [-0.05, 0) is 49.3 Å².